The molecule has 0 aliphatic carbocycles. The average molecular weight is 471 g/mol. The molecule has 0 atom stereocenters. The van der Waals surface area contributed by atoms with Crippen molar-refractivity contribution in [3.8, 4) is 11.5 Å². The van der Waals surface area contributed by atoms with Crippen LogP contribution in [0.2, 0.25) is 0 Å². The lowest BCUT2D eigenvalue weighted by Crippen LogP contribution is -2.51. The SMILES string of the molecule is COc1ccc(CCC(=O)N2CC(n3cc(COc4ccccc4)nn3)C2)cc1Br. The number of amides is 1. The van der Waals surface area contributed by atoms with Gasteiger partial charge in [0.05, 0.1) is 23.8 Å². The van der Waals surface area contributed by atoms with Crippen LogP contribution in [0, 0.1) is 0 Å². The van der Waals surface area contributed by atoms with E-state index in [4.69, 9.17) is 9.47 Å². The molecule has 0 bridgehead atoms. The van der Waals surface area contributed by atoms with Crippen molar-refractivity contribution < 1.29 is 14.3 Å². The number of likely N-dealkylation sites (tertiary alicyclic amines) is 1. The van der Waals surface area contributed by atoms with E-state index in [0.29, 0.717) is 32.5 Å². The Labute approximate surface area is 183 Å². The van der Waals surface area contributed by atoms with Gasteiger partial charge < -0.3 is 14.4 Å². The number of para-hydroxylation sites is 1. The van der Waals surface area contributed by atoms with Crippen LogP contribution in [0.15, 0.2) is 59.2 Å². The number of rotatable bonds is 8. The second kappa shape index (κ2) is 9.30. The molecule has 30 heavy (non-hydrogen) atoms. The minimum atomic E-state index is 0.158. The number of carbonyl (C=O) groups excluding carboxylic acids is 1. The van der Waals surface area contributed by atoms with Gasteiger partial charge in [-0.05, 0) is 52.2 Å². The van der Waals surface area contributed by atoms with Gasteiger partial charge in [0.25, 0.3) is 0 Å². The van der Waals surface area contributed by atoms with E-state index >= 15 is 0 Å². The van der Waals surface area contributed by atoms with Crippen molar-refractivity contribution in [3.05, 3.63) is 70.5 Å². The van der Waals surface area contributed by atoms with E-state index in [9.17, 15) is 4.79 Å². The maximum atomic E-state index is 12.5. The maximum absolute atomic E-state index is 12.5. The van der Waals surface area contributed by atoms with Gasteiger partial charge in [-0.2, -0.15) is 0 Å². The van der Waals surface area contributed by atoms with Gasteiger partial charge in [-0.25, -0.2) is 4.68 Å². The molecule has 8 heteroatoms. The summed E-state index contributed by atoms with van der Waals surface area (Å²) in [6.07, 6.45) is 3.08. The Hall–Kier alpha value is -2.87. The summed E-state index contributed by atoms with van der Waals surface area (Å²) >= 11 is 3.48. The van der Waals surface area contributed by atoms with Crippen LogP contribution in [0.25, 0.3) is 0 Å². The normalized spacial score (nSPS) is 13.7. The zero-order chi connectivity index (χ0) is 20.9. The monoisotopic (exact) mass is 470 g/mol. The molecule has 0 saturated carbocycles. The number of ether oxygens (including phenoxy) is 2. The molecule has 1 aliphatic rings. The summed E-state index contributed by atoms with van der Waals surface area (Å²) in [6, 6.07) is 15.7. The number of carbonyl (C=O) groups is 1. The lowest BCUT2D eigenvalue weighted by molar-refractivity contribution is -0.137. The van der Waals surface area contributed by atoms with Crippen molar-refractivity contribution >= 4 is 21.8 Å². The van der Waals surface area contributed by atoms with Gasteiger partial charge >= 0.3 is 0 Å². The number of aromatic nitrogens is 3. The standard InChI is InChI=1S/C22H23BrN4O3/c1-29-21-9-7-16(11-20(21)23)8-10-22(28)26-13-18(14-26)27-12-17(24-25-27)15-30-19-5-3-2-4-6-19/h2-7,9,11-12,18H,8,10,13-15H2,1H3. The average Bonchev–Trinajstić information content (AvgIpc) is 3.19. The highest BCUT2D eigenvalue weighted by atomic mass is 79.9. The summed E-state index contributed by atoms with van der Waals surface area (Å²) in [5.41, 5.74) is 1.88. The Morgan fingerprint density at radius 2 is 2.00 bits per heavy atom. The molecule has 2 heterocycles. The van der Waals surface area contributed by atoms with E-state index in [1.807, 2.05) is 64.3 Å². The van der Waals surface area contributed by atoms with Gasteiger partial charge in [0, 0.05) is 19.5 Å². The third-order valence-electron chi connectivity index (χ3n) is 5.12. The van der Waals surface area contributed by atoms with E-state index in [1.165, 1.54) is 0 Å². The minimum absolute atomic E-state index is 0.158. The highest BCUT2D eigenvalue weighted by Gasteiger charge is 2.32. The summed E-state index contributed by atoms with van der Waals surface area (Å²) < 4.78 is 13.7. The first-order chi connectivity index (χ1) is 14.6. The summed E-state index contributed by atoms with van der Waals surface area (Å²) in [7, 11) is 1.64. The van der Waals surface area contributed by atoms with Crippen molar-refractivity contribution in [1.82, 2.24) is 19.9 Å². The van der Waals surface area contributed by atoms with Gasteiger partial charge in [0.1, 0.15) is 23.8 Å². The fraction of sp³-hybridized carbons (Fsp3) is 0.318. The fourth-order valence-electron chi connectivity index (χ4n) is 3.33. The lowest BCUT2D eigenvalue weighted by Gasteiger charge is -2.39. The Balaban J connectivity index is 1.22. The first-order valence-electron chi connectivity index (χ1n) is 9.81. The Kier molecular flexibility index (Phi) is 6.32. The second-order valence-electron chi connectivity index (χ2n) is 7.21. The molecule has 1 fully saturated rings. The Morgan fingerprint density at radius 1 is 1.20 bits per heavy atom. The van der Waals surface area contributed by atoms with Crippen molar-refractivity contribution in [2.45, 2.75) is 25.5 Å². The van der Waals surface area contributed by atoms with Crippen molar-refractivity contribution in [3.63, 3.8) is 0 Å². The summed E-state index contributed by atoms with van der Waals surface area (Å²) in [5, 5.41) is 8.37. The van der Waals surface area contributed by atoms with Crippen molar-refractivity contribution in [2.75, 3.05) is 20.2 Å². The fourth-order valence-corrected chi connectivity index (χ4v) is 3.92. The molecule has 156 valence electrons. The van der Waals surface area contributed by atoms with Gasteiger partial charge in [-0.1, -0.05) is 29.5 Å². The first kappa shape index (κ1) is 20.4. The van der Waals surface area contributed by atoms with E-state index < -0.39 is 0 Å². The molecule has 0 N–H and O–H groups in total. The molecule has 7 nitrogen and oxygen atoms in total. The second-order valence-corrected chi connectivity index (χ2v) is 8.07. The molecule has 1 amide bonds. The van der Waals surface area contributed by atoms with E-state index in [2.05, 4.69) is 26.2 Å². The molecule has 1 saturated heterocycles. The van der Waals surface area contributed by atoms with Crippen molar-refractivity contribution in [2.24, 2.45) is 0 Å². The number of hydrogen-bond acceptors (Lipinski definition) is 5. The van der Waals surface area contributed by atoms with Crippen LogP contribution < -0.4 is 9.47 Å². The minimum Gasteiger partial charge on any atom is -0.496 e. The number of halogens is 1. The van der Waals surface area contributed by atoms with Crippen molar-refractivity contribution in [1.29, 1.82) is 0 Å². The number of methoxy groups -OCH3 is 1. The van der Waals surface area contributed by atoms with Gasteiger partial charge in [-0.3, -0.25) is 4.79 Å². The highest BCUT2D eigenvalue weighted by molar-refractivity contribution is 9.10. The number of nitrogens with zero attached hydrogens (tertiary/aromatic N) is 4. The number of aryl methyl sites for hydroxylation is 1. The van der Waals surface area contributed by atoms with Crippen LogP contribution in [0.1, 0.15) is 23.7 Å². The molecule has 2 aromatic carbocycles. The molecule has 1 aliphatic heterocycles. The smallest absolute Gasteiger partial charge is 0.223 e. The Bertz CT molecular complexity index is 1000. The van der Waals surface area contributed by atoms with Gasteiger partial charge in [0.15, 0.2) is 0 Å². The molecule has 0 spiro atoms. The summed E-state index contributed by atoms with van der Waals surface area (Å²) in [6.45, 7) is 1.69. The summed E-state index contributed by atoms with van der Waals surface area (Å²) in [4.78, 5) is 14.3. The first-order valence-corrected chi connectivity index (χ1v) is 10.6. The van der Waals surface area contributed by atoms with E-state index in [1.54, 1.807) is 7.11 Å². The molecule has 3 aromatic rings. The van der Waals surface area contributed by atoms with Crippen LogP contribution in [-0.4, -0.2) is 46.0 Å². The molecule has 4 rings (SSSR count). The predicted octanol–water partition coefficient (Wildman–Crippen LogP) is 3.64. The molecule has 0 unspecified atom stereocenters. The number of hydrogen-bond donors (Lipinski definition) is 0. The van der Waals surface area contributed by atoms with Crippen LogP contribution >= 0.6 is 15.9 Å². The topological polar surface area (TPSA) is 69.5 Å². The third-order valence-corrected chi connectivity index (χ3v) is 5.74. The summed E-state index contributed by atoms with van der Waals surface area (Å²) in [5.74, 6) is 1.75. The van der Waals surface area contributed by atoms with Crippen LogP contribution in [-0.2, 0) is 17.8 Å². The predicted molar refractivity (Wildman–Crippen MR) is 115 cm³/mol. The highest BCUT2D eigenvalue weighted by Crippen LogP contribution is 2.27. The van der Waals surface area contributed by atoms with E-state index in [0.717, 1.165) is 27.2 Å². The molecule has 1 aromatic heterocycles. The quantitative estimate of drug-likeness (QED) is 0.502. The van der Waals surface area contributed by atoms with Crippen LogP contribution in [0.3, 0.4) is 0 Å². The molecular formula is C22H23BrN4O3. The van der Waals surface area contributed by atoms with Crippen LogP contribution in [0.5, 0.6) is 11.5 Å². The van der Waals surface area contributed by atoms with E-state index in [-0.39, 0.29) is 11.9 Å². The number of benzene rings is 2. The van der Waals surface area contributed by atoms with Crippen LogP contribution in [0.4, 0.5) is 0 Å². The third kappa shape index (κ3) is 4.81. The molecule has 0 radical (unpaired) electrons. The van der Waals surface area contributed by atoms with Gasteiger partial charge in [0.2, 0.25) is 5.91 Å². The zero-order valence-electron chi connectivity index (χ0n) is 16.7. The maximum Gasteiger partial charge on any atom is 0.223 e. The molecular weight excluding hydrogens is 448 g/mol. The van der Waals surface area contributed by atoms with Gasteiger partial charge in [-0.15, -0.1) is 5.10 Å². The Morgan fingerprint density at radius 3 is 2.73 bits per heavy atom. The zero-order valence-corrected chi connectivity index (χ0v) is 18.3. The lowest BCUT2D eigenvalue weighted by atomic mass is 10.1. The largest absolute Gasteiger partial charge is 0.496 e.